The molecule has 0 aliphatic carbocycles. The molecule has 3 nitrogen and oxygen atoms in total. The van der Waals surface area contributed by atoms with Gasteiger partial charge in [0.15, 0.2) is 11.2 Å². The van der Waals surface area contributed by atoms with E-state index in [1.807, 2.05) is 42.5 Å². The van der Waals surface area contributed by atoms with E-state index in [0.29, 0.717) is 0 Å². The van der Waals surface area contributed by atoms with Crippen LogP contribution in [0.15, 0.2) is 124 Å². The van der Waals surface area contributed by atoms with Crippen molar-refractivity contribution in [2.45, 2.75) is 0 Å². The molecule has 0 aliphatic heterocycles. The molecule has 0 fully saturated rings. The van der Waals surface area contributed by atoms with E-state index >= 15 is 0 Å². The van der Waals surface area contributed by atoms with Gasteiger partial charge >= 0.3 is 0 Å². The summed E-state index contributed by atoms with van der Waals surface area (Å²) in [7, 11) is 0. The Morgan fingerprint density at radius 3 is 1.39 bits per heavy atom. The topological polar surface area (TPSA) is 29.5 Å². The lowest BCUT2D eigenvalue weighted by molar-refractivity contribution is 0.666. The smallest absolute Gasteiger partial charge is 0.159 e. The minimum absolute atomic E-state index is 0.857. The van der Waals surface area contributed by atoms with Crippen molar-refractivity contribution in [3.63, 3.8) is 0 Å². The molecule has 3 heteroatoms. The van der Waals surface area contributed by atoms with Crippen molar-refractivity contribution in [2.24, 2.45) is 0 Å². The number of hydrogen-bond acceptors (Lipinski definition) is 3. The molecule has 7 aromatic rings. The quantitative estimate of drug-likeness (QED) is 0.283. The van der Waals surface area contributed by atoms with Gasteiger partial charge in [0.25, 0.3) is 0 Å². The van der Waals surface area contributed by atoms with Gasteiger partial charge in [-0.3, -0.25) is 0 Å². The van der Waals surface area contributed by atoms with E-state index < -0.39 is 0 Å². The molecule has 0 spiro atoms. The van der Waals surface area contributed by atoms with Crippen molar-refractivity contribution in [1.29, 1.82) is 0 Å². The predicted octanol–water partition coefficient (Wildman–Crippen LogP) is 8.96. The van der Waals surface area contributed by atoms with Gasteiger partial charge in [-0.25, -0.2) is 0 Å². The van der Waals surface area contributed by atoms with Crippen LogP contribution >= 0.6 is 0 Å². The van der Waals surface area contributed by atoms with Crippen LogP contribution in [0.5, 0.6) is 0 Å². The molecule has 5 aromatic carbocycles. The van der Waals surface area contributed by atoms with Crippen LogP contribution in [0.25, 0.3) is 43.9 Å². The third-order valence-corrected chi connectivity index (χ3v) is 6.26. The Morgan fingerprint density at radius 1 is 0.394 bits per heavy atom. The summed E-state index contributed by atoms with van der Waals surface area (Å²) in [6, 6.07) is 39.4. The van der Waals surface area contributed by atoms with Gasteiger partial charge in [0.1, 0.15) is 11.2 Å². The summed E-state index contributed by atoms with van der Waals surface area (Å²) in [6.45, 7) is 0. The number of rotatable bonds is 3. The van der Waals surface area contributed by atoms with Crippen molar-refractivity contribution < 1.29 is 8.83 Å². The molecule has 0 saturated carbocycles. The van der Waals surface area contributed by atoms with E-state index in [1.165, 1.54) is 0 Å². The van der Waals surface area contributed by atoms with Crippen molar-refractivity contribution >= 4 is 60.9 Å². The van der Waals surface area contributed by atoms with Crippen LogP contribution in [0.4, 0.5) is 17.1 Å². The van der Waals surface area contributed by atoms with Crippen LogP contribution in [-0.4, -0.2) is 0 Å². The van der Waals surface area contributed by atoms with Crippen LogP contribution in [0.2, 0.25) is 0 Å². The third kappa shape index (κ3) is 2.69. The molecule has 0 saturated heterocycles. The Bertz CT molecular complexity index is 1660. The predicted molar refractivity (Wildman–Crippen MR) is 136 cm³/mol. The van der Waals surface area contributed by atoms with Crippen LogP contribution in [0.1, 0.15) is 0 Å². The number of furan rings is 2. The molecular weight excluding hydrogens is 406 g/mol. The Kier molecular flexibility index (Phi) is 3.84. The van der Waals surface area contributed by atoms with Gasteiger partial charge in [-0.05, 0) is 36.4 Å². The first kappa shape index (κ1) is 18.1. The van der Waals surface area contributed by atoms with E-state index in [1.54, 1.807) is 0 Å². The summed E-state index contributed by atoms with van der Waals surface area (Å²) in [6.07, 6.45) is 0. The molecule has 0 unspecified atom stereocenters. The second-order valence-corrected chi connectivity index (χ2v) is 8.18. The number of anilines is 3. The summed E-state index contributed by atoms with van der Waals surface area (Å²) in [5.41, 5.74) is 6.47. The minimum atomic E-state index is 0.857. The lowest BCUT2D eigenvalue weighted by Gasteiger charge is -2.25. The third-order valence-electron chi connectivity index (χ3n) is 6.26. The lowest BCUT2D eigenvalue weighted by atomic mass is 10.1. The summed E-state index contributed by atoms with van der Waals surface area (Å²) in [4.78, 5) is 2.23. The van der Waals surface area contributed by atoms with Crippen LogP contribution in [0.3, 0.4) is 0 Å². The fourth-order valence-electron chi connectivity index (χ4n) is 4.80. The first-order valence-electron chi connectivity index (χ1n) is 11.0. The number of para-hydroxylation sites is 5. The lowest BCUT2D eigenvalue weighted by Crippen LogP contribution is -2.10. The van der Waals surface area contributed by atoms with E-state index in [-0.39, 0.29) is 0 Å². The number of fused-ring (bicyclic) bond motifs is 6. The average Bonchev–Trinajstić information content (AvgIpc) is 3.44. The Labute approximate surface area is 190 Å². The molecule has 33 heavy (non-hydrogen) atoms. The second kappa shape index (κ2) is 7.01. The van der Waals surface area contributed by atoms with Gasteiger partial charge < -0.3 is 13.7 Å². The largest absolute Gasteiger partial charge is 0.454 e. The minimum Gasteiger partial charge on any atom is -0.454 e. The molecule has 7 rings (SSSR count). The molecular formula is C30H19NO2. The molecule has 156 valence electrons. The van der Waals surface area contributed by atoms with Gasteiger partial charge in [-0.1, -0.05) is 78.9 Å². The van der Waals surface area contributed by atoms with Crippen molar-refractivity contribution in [3.8, 4) is 0 Å². The summed E-state index contributed by atoms with van der Waals surface area (Å²) >= 11 is 0. The molecule has 0 bridgehead atoms. The number of nitrogens with zero attached hydrogens (tertiary/aromatic N) is 1. The van der Waals surface area contributed by atoms with Gasteiger partial charge in [-0.2, -0.15) is 0 Å². The van der Waals surface area contributed by atoms with Crippen molar-refractivity contribution in [2.75, 3.05) is 4.90 Å². The van der Waals surface area contributed by atoms with E-state index in [4.69, 9.17) is 8.83 Å². The Balaban J connectivity index is 1.58. The van der Waals surface area contributed by atoms with Gasteiger partial charge in [0.2, 0.25) is 0 Å². The van der Waals surface area contributed by atoms with Crippen LogP contribution in [-0.2, 0) is 0 Å². The maximum atomic E-state index is 6.41. The molecule has 0 radical (unpaired) electrons. The Hall–Kier alpha value is -4.50. The van der Waals surface area contributed by atoms with Crippen molar-refractivity contribution in [3.05, 3.63) is 115 Å². The average molecular weight is 425 g/mol. The molecule has 0 N–H and O–H groups in total. The van der Waals surface area contributed by atoms with Crippen LogP contribution < -0.4 is 4.90 Å². The normalized spacial score (nSPS) is 11.6. The summed E-state index contributed by atoms with van der Waals surface area (Å²) in [5, 5.41) is 4.43. The summed E-state index contributed by atoms with van der Waals surface area (Å²) < 4.78 is 12.8. The zero-order valence-corrected chi connectivity index (χ0v) is 17.7. The highest BCUT2D eigenvalue weighted by Gasteiger charge is 2.22. The number of hydrogen-bond donors (Lipinski definition) is 0. The molecule has 0 aliphatic rings. The van der Waals surface area contributed by atoms with Gasteiger partial charge in [0.05, 0.1) is 11.4 Å². The van der Waals surface area contributed by atoms with Crippen LogP contribution in [0, 0.1) is 0 Å². The molecule has 0 amide bonds. The highest BCUT2D eigenvalue weighted by atomic mass is 16.3. The standard InChI is InChI=1S/C30H19NO2/c1-2-10-20(11-3-1)31(25-16-8-14-23-21-12-4-6-18-27(21)32-29(23)25)26-17-9-15-24-22-13-5-7-19-28(22)33-30(24)26/h1-19H. The molecule has 2 heterocycles. The van der Waals surface area contributed by atoms with Gasteiger partial charge in [0, 0.05) is 27.2 Å². The first-order chi connectivity index (χ1) is 16.4. The maximum absolute atomic E-state index is 6.41. The summed E-state index contributed by atoms with van der Waals surface area (Å²) in [5.74, 6) is 0. The zero-order chi connectivity index (χ0) is 21.8. The molecule has 0 atom stereocenters. The fourth-order valence-corrected chi connectivity index (χ4v) is 4.80. The van der Waals surface area contributed by atoms with Gasteiger partial charge in [-0.15, -0.1) is 0 Å². The monoisotopic (exact) mass is 425 g/mol. The van der Waals surface area contributed by atoms with Crippen molar-refractivity contribution in [1.82, 2.24) is 0 Å². The first-order valence-corrected chi connectivity index (χ1v) is 11.0. The Morgan fingerprint density at radius 2 is 0.848 bits per heavy atom. The maximum Gasteiger partial charge on any atom is 0.159 e. The van der Waals surface area contributed by atoms with E-state index in [9.17, 15) is 0 Å². The fraction of sp³-hybridized carbons (Fsp3) is 0. The highest BCUT2D eigenvalue weighted by molar-refractivity contribution is 6.13. The highest BCUT2D eigenvalue weighted by Crippen LogP contribution is 2.45. The number of benzene rings is 5. The van der Waals surface area contributed by atoms with E-state index in [2.05, 4.69) is 77.7 Å². The second-order valence-electron chi connectivity index (χ2n) is 8.18. The molecule has 2 aromatic heterocycles. The zero-order valence-electron chi connectivity index (χ0n) is 17.7. The SMILES string of the molecule is c1ccc(N(c2cccc3c2oc2ccccc23)c2cccc3c2oc2ccccc23)cc1. The van der Waals surface area contributed by atoms with E-state index in [0.717, 1.165) is 60.9 Å².